The van der Waals surface area contributed by atoms with Gasteiger partial charge in [0.05, 0.1) is 6.61 Å². The maximum Gasteiger partial charge on any atom is 0.490 e. The van der Waals surface area contributed by atoms with Crippen LogP contribution in [0, 0.1) is 11.8 Å². The SMILES string of the molecule is CC#CC1(N)[C@@H](O)[C@@H](COP(=O)(O)OP(=O)(O)OP(=O)(O)O)O[C@H]1n1ncc(=O)[nH]c1=O. The fourth-order valence-electron chi connectivity index (χ4n) is 2.55. The quantitative estimate of drug-likeness (QED) is 0.135. The Morgan fingerprint density at radius 3 is 2.41 bits per heavy atom. The molecule has 1 fully saturated rings. The summed E-state index contributed by atoms with van der Waals surface area (Å²) in [5.41, 5.74) is 2.06. The molecule has 0 bridgehead atoms. The minimum atomic E-state index is -5.76. The number of ether oxygens (including phenoxy) is 1. The normalized spacial score (nSPS) is 29.5. The van der Waals surface area contributed by atoms with Gasteiger partial charge < -0.3 is 35.2 Å². The lowest BCUT2D eigenvalue weighted by atomic mass is 9.92. The van der Waals surface area contributed by atoms with Crippen LogP contribution in [0.25, 0.3) is 0 Å². The van der Waals surface area contributed by atoms with Crippen molar-refractivity contribution in [2.24, 2.45) is 5.73 Å². The van der Waals surface area contributed by atoms with Gasteiger partial charge in [-0.2, -0.15) is 18.4 Å². The van der Waals surface area contributed by atoms with Crippen molar-refractivity contribution in [3.63, 3.8) is 0 Å². The largest absolute Gasteiger partial charge is 0.490 e. The summed E-state index contributed by atoms with van der Waals surface area (Å²) in [6, 6.07) is 0. The molecule has 3 unspecified atom stereocenters. The molecule has 1 saturated heterocycles. The second kappa shape index (κ2) is 9.37. The highest BCUT2D eigenvalue weighted by atomic mass is 31.3. The number of aliphatic hydroxyl groups is 1. The van der Waals surface area contributed by atoms with Gasteiger partial charge in [0.25, 0.3) is 5.56 Å². The third-order valence-corrected chi connectivity index (χ3v) is 7.48. The topological polar surface area (TPSA) is 283 Å². The number of phosphoric ester groups is 1. The van der Waals surface area contributed by atoms with Crippen LogP contribution in [0.4, 0.5) is 0 Å². The standard InChI is InChI=1S/C11H17N4O14P3/c1-2-3-11(12)8(17)6(27-9(11)15-10(18)14-7(16)4-13-15)5-26-31(22,23)29-32(24,25)28-30(19,20)21/h4,6,8-9,17H,5,12H2,1H3,(H,22,23)(H,24,25)(H,14,16,18)(H2,19,20,21)/t6-,8+,9-,11?/m1/s1. The van der Waals surface area contributed by atoms with Gasteiger partial charge in [0.1, 0.15) is 18.4 Å². The molecule has 1 aliphatic heterocycles. The van der Waals surface area contributed by atoms with Gasteiger partial charge in [-0.15, -0.1) is 5.92 Å². The summed E-state index contributed by atoms with van der Waals surface area (Å²) in [5.74, 6) is 4.80. The molecule has 0 saturated carbocycles. The molecule has 180 valence electrons. The van der Waals surface area contributed by atoms with Gasteiger partial charge in [-0.3, -0.25) is 14.3 Å². The molecule has 1 aromatic rings. The zero-order valence-electron chi connectivity index (χ0n) is 15.7. The van der Waals surface area contributed by atoms with E-state index in [0.717, 1.165) is 0 Å². The second-order valence-corrected chi connectivity index (χ2v) is 10.5. The number of aromatic nitrogens is 3. The van der Waals surface area contributed by atoms with Crippen molar-refractivity contribution in [1.82, 2.24) is 14.8 Å². The predicted molar refractivity (Wildman–Crippen MR) is 99.2 cm³/mol. The van der Waals surface area contributed by atoms with Crippen LogP contribution in [0.3, 0.4) is 0 Å². The summed E-state index contributed by atoms with van der Waals surface area (Å²) in [5, 5.41) is 14.1. The zero-order valence-corrected chi connectivity index (χ0v) is 18.4. The minimum Gasteiger partial charge on any atom is -0.387 e. The van der Waals surface area contributed by atoms with Crippen molar-refractivity contribution in [1.29, 1.82) is 0 Å². The van der Waals surface area contributed by atoms with Crippen molar-refractivity contribution >= 4 is 23.5 Å². The van der Waals surface area contributed by atoms with E-state index in [2.05, 4.69) is 30.1 Å². The van der Waals surface area contributed by atoms with E-state index >= 15 is 0 Å². The summed E-state index contributed by atoms with van der Waals surface area (Å²) in [6.45, 7) is 0.269. The molecule has 18 nitrogen and oxygen atoms in total. The first kappa shape index (κ1) is 26.7. The number of hydrogen-bond donors (Lipinski definition) is 7. The van der Waals surface area contributed by atoms with E-state index in [9.17, 15) is 33.3 Å². The van der Waals surface area contributed by atoms with Gasteiger partial charge in [0.2, 0.25) is 0 Å². The van der Waals surface area contributed by atoms with Crippen molar-refractivity contribution in [2.75, 3.05) is 6.61 Å². The van der Waals surface area contributed by atoms with Crippen LogP contribution in [-0.2, 0) is 31.6 Å². The summed E-state index contributed by atoms with van der Waals surface area (Å²) in [6.07, 6.45) is -4.36. The van der Waals surface area contributed by atoms with Crippen molar-refractivity contribution in [2.45, 2.75) is 30.9 Å². The van der Waals surface area contributed by atoms with Crippen molar-refractivity contribution < 1.29 is 56.3 Å². The van der Waals surface area contributed by atoms with E-state index in [1.807, 2.05) is 4.98 Å². The fourth-order valence-corrected chi connectivity index (χ4v) is 5.58. The summed E-state index contributed by atoms with van der Waals surface area (Å²) in [4.78, 5) is 60.8. The monoisotopic (exact) mass is 522 g/mol. The molecule has 6 atom stereocenters. The molecular weight excluding hydrogens is 505 g/mol. The molecule has 32 heavy (non-hydrogen) atoms. The van der Waals surface area contributed by atoms with Crippen molar-refractivity contribution in [3.8, 4) is 11.8 Å². The summed E-state index contributed by atoms with van der Waals surface area (Å²) < 4.78 is 51.3. The Morgan fingerprint density at radius 2 is 1.88 bits per heavy atom. The van der Waals surface area contributed by atoms with Crippen LogP contribution < -0.4 is 17.0 Å². The summed E-state index contributed by atoms with van der Waals surface area (Å²) >= 11 is 0. The molecule has 21 heteroatoms. The lowest BCUT2D eigenvalue weighted by molar-refractivity contribution is -0.0520. The number of hydrogen-bond acceptors (Lipinski definition) is 12. The smallest absolute Gasteiger partial charge is 0.387 e. The van der Waals surface area contributed by atoms with Crippen LogP contribution >= 0.6 is 23.5 Å². The first-order chi connectivity index (χ1) is 14.5. The van der Waals surface area contributed by atoms with Gasteiger partial charge in [-0.05, 0) is 6.92 Å². The number of aliphatic hydroxyl groups excluding tert-OH is 1. The summed E-state index contributed by atoms with van der Waals surface area (Å²) in [7, 11) is -16.9. The highest BCUT2D eigenvalue weighted by molar-refractivity contribution is 7.66. The number of rotatable bonds is 8. The predicted octanol–water partition coefficient (Wildman–Crippen LogP) is -2.75. The molecule has 1 aliphatic rings. The first-order valence-corrected chi connectivity index (χ1v) is 12.5. The Balaban J connectivity index is 2.24. The zero-order chi connectivity index (χ0) is 24.5. The molecule has 1 aromatic heterocycles. The second-order valence-electron chi connectivity index (χ2n) is 6.05. The molecule has 2 heterocycles. The molecule has 2 rings (SSSR count). The number of nitrogens with one attached hydrogen (secondary N) is 1. The van der Waals surface area contributed by atoms with E-state index in [4.69, 9.17) is 25.2 Å². The number of aromatic amines is 1. The average molecular weight is 522 g/mol. The van der Waals surface area contributed by atoms with Crippen molar-refractivity contribution in [3.05, 3.63) is 27.0 Å². The van der Waals surface area contributed by atoms with Gasteiger partial charge in [0.15, 0.2) is 11.8 Å². The highest BCUT2D eigenvalue weighted by Crippen LogP contribution is 2.66. The van der Waals surface area contributed by atoms with Crippen LogP contribution in [0.2, 0.25) is 0 Å². The minimum absolute atomic E-state index is 0.541. The van der Waals surface area contributed by atoms with E-state index < -0.39 is 65.3 Å². The van der Waals surface area contributed by atoms with E-state index in [-0.39, 0.29) is 0 Å². The van der Waals surface area contributed by atoms with Gasteiger partial charge in [0, 0.05) is 0 Å². The molecule has 0 aromatic carbocycles. The average Bonchev–Trinajstić information content (AvgIpc) is 2.82. The van der Waals surface area contributed by atoms with Crippen LogP contribution in [-0.4, -0.2) is 63.8 Å². The van der Waals surface area contributed by atoms with Crippen LogP contribution in [0.5, 0.6) is 0 Å². The van der Waals surface area contributed by atoms with Gasteiger partial charge in [-0.25, -0.2) is 18.5 Å². The third-order valence-electron chi connectivity index (χ3n) is 3.67. The van der Waals surface area contributed by atoms with E-state index in [1.54, 1.807) is 0 Å². The lowest BCUT2D eigenvalue weighted by Crippen LogP contribution is -2.55. The molecule has 8 N–H and O–H groups in total. The molecular formula is C11H17N4O14P3. The fraction of sp³-hybridized carbons (Fsp3) is 0.545. The Morgan fingerprint density at radius 1 is 1.25 bits per heavy atom. The first-order valence-electron chi connectivity index (χ1n) is 8.02. The Hall–Kier alpha value is -1.54. The number of H-pyrrole nitrogens is 1. The van der Waals surface area contributed by atoms with E-state index in [0.29, 0.717) is 10.9 Å². The van der Waals surface area contributed by atoms with Crippen LogP contribution in [0.15, 0.2) is 15.8 Å². The van der Waals surface area contributed by atoms with Gasteiger partial charge in [-0.1, -0.05) is 5.92 Å². The maximum atomic E-state index is 12.0. The Kier molecular flexibility index (Phi) is 7.82. The highest BCUT2D eigenvalue weighted by Gasteiger charge is 2.56. The molecule has 0 aliphatic carbocycles. The lowest BCUT2D eigenvalue weighted by Gasteiger charge is -2.26. The van der Waals surface area contributed by atoms with Gasteiger partial charge >= 0.3 is 29.2 Å². The Labute approximate surface area is 177 Å². The van der Waals surface area contributed by atoms with E-state index in [1.165, 1.54) is 6.92 Å². The third kappa shape index (κ3) is 6.50. The molecule has 0 amide bonds. The molecule has 0 radical (unpaired) electrons. The van der Waals surface area contributed by atoms with Crippen LogP contribution in [0.1, 0.15) is 13.2 Å². The number of nitrogens with zero attached hydrogens (tertiary/aromatic N) is 2. The number of nitrogens with two attached hydrogens (primary N) is 1. The number of phosphoric acid groups is 3. The molecule has 0 spiro atoms. The Bertz CT molecular complexity index is 1180. The maximum absolute atomic E-state index is 12.0.